The molecule has 0 saturated heterocycles. The highest BCUT2D eigenvalue weighted by atomic mass is 16.5. The summed E-state index contributed by atoms with van der Waals surface area (Å²) in [6, 6.07) is 8.39. The molecule has 3 rings (SSSR count). The molecule has 0 atom stereocenters. The summed E-state index contributed by atoms with van der Waals surface area (Å²) in [7, 11) is 0. The Morgan fingerprint density at radius 3 is 2.63 bits per heavy atom. The lowest BCUT2D eigenvalue weighted by Crippen LogP contribution is -2.25. The Kier molecular flexibility index (Phi) is 3.53. The van der Waals surface area contributed by atoms with E-state index < -0.39 is 0 Å². The van der Waals surface area contributed by atoms with Crippen molar-refractivity contribution < 1.29 is 4.74 Å². The van der Waals surface area contributed by atoms with Crippen molar-refractivity contribution >= 4 is 0 Å². The molecule has 2 aliphatic rings. The molecule has 1 aromatic carbocycles. The largest absolute Gasteiger partial charge is 0.491 e. The number of para-hydroxylation sites is 1. The van der Waals surface area contributed by atoms with Crippen molar-refractivity contribution in [1.29, 1.82) is 0 Å². The second-order valence-corrected chi connectivity index (χ2v) is 6.51. The molecule has 2 nitrogen and oxygen atoms in total. The first-order chi connectivity index (χ1) is 9.20. The standard InChI is InChI=1S/C17H25NO/c1-13(2)19-16-6-4-3-5-14(16)11-18-12-17(9-10-17)15-7-8-15/h3-6,13,15,18H,7-12H2,1-2H3. The van der Waals surface area contributed by atoms with Gasteiger partial charge in [0, 0.05) is 18.7 Å². The molecule has 0 heterocycles. The molecular weight excluding hydrogens is 234 g/mol. The van der Waals surface area contributed by atoms with E-state index in [4.69, 9.17) is 4.74 Å². The molecule has 19 heavy (non-hydrogen) atoms. The molecule has 2 aliphatic carbocycles. The van der Waals surface area contributed by atoms with E-state index in [0.29, 0.717) is 5.41 Å². The minimum atomic E-state index is 0.238. The van der Waals surface area contributed by atoms with Crippen LogP contribution < -0.4 is 10.1 Å². The van der Waals surface area contributed by atoms with Crippen LogP contribution in [0.25, 0.3) is 0 Å². The van der Waals surface area contributed by atoms with Crippen molar-refractivity contribution in [3.05, 3.63) is 29.8 Å². The summed E-state index contributed by atoms with van der Waals surface area (Å²) in [5, 5.41) is 3.66. The summed E-state index contributed by atoms with van der Waals surface area (Å²) in [5.41, 5.74) is 1.95. The van der Waals surface area contributed by atoms with Crippen molar-refractivity contribution in [3.63, 3.8) is 0 Å². The van der Waals surface area contributed by atoms with Crippen LogP contribution in [0.5, 0.6) is 5.75 Å². The van der Waals surface area contributed by atoms with E-state index >= 15 is 0 Å². The number of hydrogen-bond donors (Lipinski definition) is 1. The van der Waals surface area contributed by atoms with E-state index in [1.165, 1.54) is 37.8 Å². The van der Waals surface area contributed by atoms with E-state index in [-0.39, 0.29) is 6.10 Å². The predicted octanol–water partition coefficient (Wildman–Crippen LogP) is 3.75. The molecule has 0 bridgehead atoms. The maximum absolute atomic E-state index is 5.86. The quantitative estimate of drug-likeness (QED) is 0.805. The summed E-state index contributed by atoms with van der Waals surface area (Å²) in [5.74, 6) is 2.06. The van der Waals surface area contributed by atoms with Gasteiger partial charge in [0.25, 0.3) is 0 Å². The van der Waals surface area contributed by atoms with Gasteiger partial charge in [-0.3, -0.25) is 0 Å². The molecule has 0 aliphatic heterocycles. The molecule has 2 heteroatoms. The first kappa shape index (κ1) is 13.0. The van der Waals surface area contributed by atoms with Gasteiger partial charge in [-0.25, -0.2) is 0 Å². The third-order valence-electron chi connectivity index (χ3n) is 4.46. The molecule has 104 valence electrons. The van der Waals surface area contributed by atoms with Crippen molar-refractivity contribution in [3.8, 4) is 5.75 Å². The number of rotatable bonds is 7. The van der Waals surface area contributed by atoms with Crippen molar-refractivity contribution in [2.24, 2.45) is 11.3 Å². The highest BCUT2D eigenvalue weighted by Crippen LogP contribution is 2.60. The number of nitrogens with one attached hydrogen (secondary N) is 1. The summed E-state index contributed by atoms with van der Waals surface area (Å²) < 4.78 is 5.86. The Morgan fingerprint density at radius 2 is 2.00 bits per heavy atom. The van der Waals surface area contributed by atoms with Crippen LogP contribution in [0, 0.1) is 11.3 Å². The van der Waals surface area contributed by atoms with Crippen LogP contribution >= 0.6 is 0 Å². The maximum Gasteiger partial charge on any atom is 0.124 e. The lowest BCUT2D eigenvalue weighted by molar-refractivity contribution is 0.239. The first-order valence-electron chi connectivity index (χ1n) is 7.65. The number of ether oxygens (including phenoxy) is 1. The van der Waals surface area contributed by atoms with Crippen LogP contribution in [0.3, 0.4) is 0 Å². The van der Waals surface area contributed by atoms with Gasteiger partial charge in [0.05, 0.1) is 6.10 Å². The number of benzene rings is 1. The normalized spacial score (nSPS) is 20.6. The molecule has 0 amide bonds. The molecule has 0 radical (unpaired) electrons. The minimum absolute atomic E-state index is 0.238. The van der Waals surface area contributed by atoms with Crippen LogP contribution in [0.1, 0.15) is 45.1 Å². The van der Waals surface area contributed by atoms with Crippen molar-refractivity contribution in [2.75, 3.05) is 6.54 Å². The zero-order valence-electron chi connectivity index (χ0n) is 12.1. The van der Waals surface area contributed by atoms with E-state index in [1.54, 1.807) is 0 Å². The Bertz CT molecular complexity index is 433. The van der Waals surface area contributed by atoms with E-state index in [0.717, 1.165) is 18.2 Å². The maximum atomic E-state index is 5.86. The van der Waals surface area contributed by atoms with Crippen molar-refractivity contribution in [2.45, 2.75) is 52.2 Å². The van der Waals surface area contributed by atoms with E-state index in [9.17, 15) is 0 Å². The van der Waals surface area contributed by atoms with Gasteiger partial charge in [0.2, 0.25) is 0 Å². The molecule has 2 saturated carbocycles. The lowest BCUT2D eigenvalue weighted by atomic mass is 10.0. The zero-order chi connectivity index (χ0) is 13.3. The fraction of sp³-hybridized carbons (Fsp3) is 0.647. The van der Waals surface area contributed by atoms with Gasteiger partial charge in [-0.2, -0.15) is 0 Å². The van der Waals surface area contributed by atoms with Gasteiger partial charge in [0.15, 0.2) is 0 Å². The third kappa shape index (κ3) is 3.11. The van der Waals surface area contributed by atoms with Gasteiger partial charge in [-0.15, -0.1) is 0 Å². The topological polar surface area (TPSA) is 21.3 Å². The smallest absolute Gasteiger partial charge is 0.124 e. The molecule has 1 aromatic rings. The van der Waals surface area contributed by atoms with Crippen LogP contribution in [-0.4, -0.2) is 12.6 Å². The molecule has 1 N–H and O–H groups in total. The van der Waals surface area contributed by atoms with Gasteiger partial charge >= 0.3 is 0 Å². The second kappa shape index (κ2) is 5.16. The Balaban J connectivity index is 1.54. The Hall–Kier alpha value is -1.02. The van der Waals surface area contributed by atoms with Crippen LogP contribution in [0.4, 0.5) is 0 Å². The highest BCUT2D eigenvalue weighted by molar-refractivity contribution is 5.33. The third-order valence-corrected chi connectivity index (χ3v) is 4.46. The van der Waals surface area contributed by atoms with E-state index in [1.807, 2.05) is 6.07 Å². The van der Waals surface area contributed by atoms with E-state index in [2.05, 4.69) is 37.4 Å². The molecule has 2 fully saturated rings. The van der Waals surface area contributed by atoms with Gasteiger partial charge in [-0.05, 0) is 56.9 Å². The summed E-state index contributed by atoms with van der Waals surface area (Å²) in [6.07, 6.45) is 6.05. The van der Waals surface area contributed by atoms with Crippen LogP contribution in [0.15, 0.2) is 24.3 Å². The average molecular weight is 259 g/mol. The average Bonchev–Trinajstić information content (AvgIpc) is 3.25. The zero-order valence-corrected chi connectivity index (χ0v) is 12.1. The van der Waals surface area contributed by atoms with Gasteiger partial charge < -0.3 is 10.1 Å². The summed E-state index contributed by atoms with van der Waals surface area (Å²) in [6.45, 7) is 6.28. The SMILES string of the molecule is CC(C)Oc1ccccc1CNCC1(C2CC2)CC1. The lowest BCUT2D eigenvalue weighted by Gasteiger charge is -2.17. The molecule has 0 aromatic heterocycles. The summed E-state index contributed by atoms with van der Waals surface area (Å²) >= 11 is 0. The Morgan fingerprint density at radius 1 is 1.26 bits per heavy atom. The number of hydrogen-bond acceptors (Lipinski definition) is 2. The molecule has 0 spiro atoms. The highest BCUT2D eigenvalue weighted by Gasteiger charge is 2.53. The van der Waals surface area contributed by atoms with Gasteiger partial charge in [-0.1, -0.05) is 18.2 Å². The molecule has 0 unspecified atom stereocenters. The fourth-order valence-corrected chi connectivity index (χ4v) is 3.05. The van der Waals surface area contributed by atoms with Crippen LogP contribution in [0.2, 0.25) is 0 Å². The van der Waals surface area contributed by atoms with Crippen LogP contribution in [-0.2, 0) is 6.54 Å². The first-order valence-corrected chi connectivity index (χ1v) is 7.65. The monoisotopic (exact) mass is 259 g/mol. The van der Waals surface area contributed by atoms with Gasteiger partial charge in [0.1, 0.15) is 5.75 Å². The predicted molar refractivity (Wildman–Crippen MR) is 78.3 cm³/mol. The summed E-state index contributed by atoms with van der Waals surface area (Å²) in [4.78, 5) is 0. The second-order valence-electron chi connectivity index (χ2n) is 6.51. The minimum Gasteiger partial charge on any atom is -0.491 e. The molecular formula is C17H25NO. The fourth-order valence-electron chi connectivity index (χ4n) is 3.05. The Labute approximate surface area is 116 Å². The van der Waals surface area contributed by atoms with Crippen molar-refractivity contribution in [1.82, 2.24) is 5.32 Å².